The highest BCUT2D eigenvalue weighted by molar-refractivity contribution is 9.10. The minimum atomic E-state index is -1.02. The van der Waals surface area contributed by atoms with Crippen LogP contribution in [0.5, 0.6) is 0 Å². The second-order valence-corrected chi connectivity index (χ2v) is 4.40. The first-order valence-corrected chi connectivity index (χ1v) is 5.46. The molecule has 1 rings (SSSR count). The molecule has 0 fully saturated rings. The first-order chi connectivity index (χ1) is 6.53. The van der Waals surface area contributed by atoms with E-state index in [1.54, 1.807) is 17.8 Å². The third kappa shape index (κ3) is 2.16. The Kier molecular flexibility index (Phi) is 3.69. The molecule has 3 N–H and O–H groups in total. The summed E-state index contributed by atoms with van der Waals surface area (Å²) >= 11 is 3.36. The molecule has 0 aromatic carbocycles. The summed E-state index contributed by atoms with van der Waals surface area (Å²) in [6, 6.07) is 0. The van der Waals surface area contributed by atoms with Gasteiger partial charge in [-0.1, -0.05) is 6.92 Å². The number of aryl methyl sites for hydroxylation is 1. The standard InChI is InChI=1S/C9H16BrN3O/c1-3-4-13-8(7(10)5-12-13)9(2,14)6-11/h5,14H,3-4,6,11H2,1-2H3. The van der Waals surface area contributed by atoms with Gasteiger partial charge in [-0.15, -0.1) is 0 Å². The van der Waals surface area contributed by atoms with Crippen molar-refractivity contribution in [3.8, 4) is 0 Å². The maximum Gasteiger partial charge on any atom is 0.117 e. The summed E-state index contributed by atoms with van der Waals surface area (Å²) in [4.78, 5) is 0. The van der Waals surface area contributed by atoms with E-state index in [9.17, 15) is 5.11 Å². The van der Waals surface area contributed by atoms with Gasteiger partial charge in [0, 0.05) is 13.1 Å². The summed E-state index contributed by atoms with van der Waals surface area (Å²) < 4.78 is 2.60. The van der Waals surface area contributed by atoms with Crippen molar-refractivity contribution in [2.24, 2.45) is 5.73 Å². The van der Waals surface area contributed by atoms with Gasteiger partial charge in [-0.05, 0) is 29.3 Å². The summed E-state index contributed by atoms with van der Waals surface area (Å²) in [6.45, 7) is 4.73. The van der Waals surface area contributed by atoms with Crippen LogP contribution in [-0.4, -0.2) is 21.4 Å². The van der Waals surface area contributed by atoms with Gasteiger partial charge >= 0.3 is 0 Å². The van der Waals surface area contributed by atoms with Crippen molar-refractivity contribution in [2.75, 3.05) is 6.54 Å². The predicted molar refractivity (Wildman–Crippen MR) is 58.8 cm³/mol. The summed E-state index contributed by atoms with van der Waals surface area (Å²) in [5.74, 6) is 0. The quantitative estimate of drug-likeness (QED) is 0.857. The van der Waals surface area contributed by atoms with Gasteiger partial charge < -0.3 is 10.8 Å². The molecule has 4 nitrogen and oxygen atoms in total. The zero-order valence-electron chi connectivity index (χ0n) is 8.50. The molecule has 0 bridgehead atoms. The number of aromatic nitrogens is 2. The topological polar surface area (TPSA) is 64.1 Å². The van der Waals surface area contributed by atoms with Gasteiger partial charge in [0.15, 0.2) is 0 Å². The van der Waals surface area contributed by atoms with E-state index < -0.39 is 5.60 Å². The Hall–Kier alpha value is -0.390. The van der Waals surface area contributed by atoms with Crippen LogP contribution in [-0.2, 0) is 12.1 Å². The number of nitrogens with two attached hydrogens (primary N) is 1. The van der Waals surface area contributed by atoms with Gasteiger partial charge in [0.25, 0.3) is 0 Å². The van der Waals surface area contributed by atoms with Crippen LogP contribution in [0.1, 0.15) is 26.0 Å². The van der Waals surface area contributed by atoms with E-state index in [0.29, 0.717) is 0 Å². The van der Waals surface area contributed by atoms with Crippen molar-refractivity contribution in [2.45, 2.75) is 32.4 Å². The van der Waals surface area contributed by atoms with Crippen molar-refractivity contribution in [3.63, 3.8) is 0 Å². The highest BCUT2D eigenvalue weighted by Crippen LogP contribution is 2.27. The van der Waals surface area contributed by atoms with Crippen LogP contribution in [0.3, 0.4) is 0 Å². The van der Waals surface area contributed by atoms with Crippen LogP contribution < -0.4 is 5.73 Å². The maximum atomic E-state index is 10.1. The van der Waals surface area contributed by atoms with Gasteiger partial charge in [0.05, 0.1) is 16.4 Å². The van der Waals surface area contributed by atoms with Crippen molar-refractivity contribution in [1.82, 2.24) is 9.78 Å². The largest absolute Gasteiger partial charge is 0.382 e. The zero-order valence-corrected chi connectivity index (χ0v) is 10.1. The molecule has 1 atom stereocenters. The van der Waals surface area contributed by atoms with Crippen LogP contribution in [0.4, 0.5) is 0 Å². The molecule has 0 saturated carbocycles. The predicted octanol–water partition coefficient (Wildman–Crippen LogP) is 1.22. The molecule has 80 valence electrons. The lowest BCUT2D eigenvalue weighted by atomic mass is 10.0. The van der Waals surface area contributed by atoms with Gasteiger partial charge in [-0.25, -0.2) is 0 Å². The average Bonchev–Trinajstić information content (AvgIpc) is 2.48. The van der Waals surface area contributed by atoms with Crippen molar-refractivity contribution in [3.05, 3.63) is 16.4 Å². The SMILES string of the molecule is CCCn1ncc(Br)c1C(C)(O)CN. The molecule has 0 spiro atoms. The van der Waals surface area contributed by atoms with E-state index in [-0.39, 0.29) is 6.54 Å². The fourth-order valence-corrected chi connectivity index (χ4v) is 2.10. The van der Waals surface area contributed by atoms with E-state index in [4.69, 9.17) is 5.73 Å². The summed E-state index contributed by atoms with van der Waals surface area (Å²) in [5.41, 5.74) is 5.25. The van der Waals surface area contributed by atoms with Crippen LogP contribution in [0, 0.1) is 0 Å². The van der Waals surface area contributed by atoms with E-state index >= 15 is 0 Å². The number of halogens is 1. The molecule has 1 aromatic rings. The fourth-order valence-electron chi connectivity index (χ4n) is 1.38. The molecule has 0 radical (unpaired) electrons. The van der Waals surface area contributed by atoms with Crippen molar-refractivity contribution >= 4 is 15.9 Å². The normalized spacial score (nSPS) is 15.5. The van der Waals surface area contributed by atoms with Crippen LogP contribution >= 0.6 is 15.9 Å². The lowest BCUT2D eigenvalue weighted by molar-refractivity contribution is 0.0560. The smallest absolute Gasteiger partial charge is 0.117 e. The zero-order chi connectivity index (χ0) is 10.8. The second kappa shape index (κ2) is 4.42. The lowest BCUT2D eigenvalue weighted by Gasteiger charge is -2.23. The lowest BCUT2D eigenvalue weighted by Crippen LogP contribution is -2.34. The Morgan fingerprint density at radius 2 is 2.36 bits per heavy atom. The number of nitrogens with zero attached hydrogens (tertiary/aromatic N) is 2. The molecule has 0 amide bonds. The Morgan fingerprint density at radius 1 is 1.71 bits per heavy atom. The molecule has 1 heterocycles. The van der Waals surface area contributed by atoms with Gasteiger partial charge in [-0.2, -0.15) is 5.10 Å². The van der Waals surface area contributed by atoms with E-state index in [2.05, 4.69) is 28.0 Å². The first kappa shape index (κ1) is 11.7. The summed E-state index contributed by atoms with van der Waals surface area (Å²) in [5, 5.41) is 14.2. The molecule has 0 saturated heterocycles. The van der Waals surface area contributed by atoms with Gasteiger partial charge in [0.2, 0.25) is 0 Å². The number of aliphatic hydroxyl groups is 1. The maximum absolute atomic E-state index is 10.1. The first-order valence-electron chi connectivity index (χ1n) is 4.67. The number of hydrogen-bond donors (Lipinski definition) is 2. The van der Waals surface area contributed by atoms with Crippen molar-refractivity contribution in [1.29, 1.82) is 0 Å². The third-order valence-electron chi connectivity index (χ3n) is 2.14. The molecular weight excluding hydrogens is 246 g/mol. The van der Waals surface area contributed by atoms with E-state index in [1.165, 1.54) is 0 Å². The molecular formula is C9H16BrN3O. The van der Waals surface area contributed by atoms with Gasteiger partial charge in [0.1, 0.15) is 5.60 Å². The van der Waals surface area contributed by atoms with Crippen LogP contribution in [0.2, 0.25) is 0 Å². The Morgan fingerprint density at radius 3 is 2.86 bits per heavy atom. The van der Waals surface area contributed by atoms with Crippen LogP contribution in [0.25, 0.3) is 0 Å². The molecule has 1 aromatic heterocycles. The fraction of sp³-hybridized carbons (Fsp3) is 0.667. The number of rotatable bonds is 4. The molecule has 5 heteroatoms. The Bertz CT molecular complexity index is 309. The third-order valence-corrected chi connectivity index (χ3v) is 2.72. The minimum Gasteiger partial charge on any atom is -0.382 e. The molecule has 14 heavy (non-hydrogen) atoms. The molecule has 0 aliphatic rings. The molecule has 1 unspecified atom stereocenters. The van der Waals surface area contributed by atoms with Crippen LogP contribution in [0.15, 0.2) is 10.7 Å². The van der Waals surface area contributed by atoms with Gasteiger partial charge in [-0.3, -0.25) is 4.68 Å². The van der Waals surface area contributed by atoms with E-state index in [0.717, 1.165) is 23.1 Å². The summed E-state index contributed by atoms with van der Waals surface area (Å²) in [6.07, 6.45) is 2.66. The molecule has 0 aliphatic carbocycles. The Balaban J connectivity index is 3.10. The van der Waals surface area contributed by atoms with E-state index in [1.807, 2.05) is 0 Å². The summed E-state index contributed by atoms with van der Waals surface area (Å²) in [7, 11) is 0. The Labute approximate surface area is 92.2 Å². The monoisotopic (exact) mass is 261 g/mol. The second-order valence-electron chi connectivity index (χ2n) is 3.54. The van der Waals surface area contributed by atoms with Crippen molar-refractivity contribution < 1.29 is 5.11 Å². The average molecular weight is 262 g/mol. The highest BCUT2D eigenvalue weighted by Gasteiger charge is 2.28. The highest BCUT2D eigenvalue weighted by atomic mass is 79.9. The number of hydrogen-bond acceptors (Lipinski definition) is 3. The molecule has 0 aliphatic heterocycles. The minimum absolute atomic E-state index is 0.182.